The summed E-state index contributed by atoms with van der Waals surface area (Å²) in [5.41, 5.74) is 2.11. The van der Waals surface area contributed by atoms with Crippen LogP contribution in [0.2, 0.25) is 0 Å². The lowest BCUT2D eigenvalue weighted by Crippen LogP contribution is -1.92. The molecule has 0 aliphatic carbocycles. The summed E-state index contributed by atoms with van der Waals surface area (Å²) < 4.78 is 1.94. The summed E-state index contributed by atoms with van der Waals surface area (Å²) >= 11 is 0. The molecule has 0 aromatic carbocycles. The summed E-state index contributed by atoms with van der Waals surface area (Å²) in [7, 11) is 0. The van der Waals surface area contributed by atoms with Crippen molar-refractivity contribution in [3.8, 4) is 0 Å². The van der Waals surface area contributed by atoms with Gasteiger partial charge >= 0.3 is 0 Å². The molecule has 0 saturated carbocycles. The Balaban J connectivity index is 2.57. The number of pyridine rings is 1. The Morgan fingerprint density at radius 2 is 2.23 bits per heavy atom. The zero-order chi connectivity index (χ0) is 9.26. The maximum atomic E-state index is 4.36. The first-order valence-corrected chi connectivity index (χ1v) is 4.65. The quantitative estimate of drug-likeness (QED) is 0.699. The largest absolute Gasteiger partial charge is 0.272 e. The molecule has 0 unspecified atom stereocenters. The van der Waals surface area contributed by atoms with Crippen molar-refractivity contribution >= 4 is 10.9 Å². The molecule has 13 heavy (non-hydrogen) atoms. The second-order valence-corrected chi connectivity index (χ2v) is 3.07. The lowest BCUT2D eigenvalue weighted by Gasteiger charge is -1.92. The molecular formula is C10H13N3. The monoisotopic (exact) mass is 175 g/mol. The minimum Gasteiger partial charge on any atom is -0.272 e. The molecule has 2 aromatic heterocycles. The van der Waals surface area contributed by atoms with Crippen LogP contribution in [-0.2, 0) is 13.0 Å². The van der Waals surface area contributed by atoms with Gasteiger partial charge in [0.05, 0.1) is 6.20 Å². The summed E-state index contributed by atoms with van der Waals surface area (Å²) in [5, 5.41) is 5.55. The molecule has 2 aromatic rings. The van der Waals surface area contributed by atoms with Gasteiger partial charge in [0.1, 0.15) is 5.52 Å². The third-order valence-corrected chi connectivity index (χ3v) is 2.18. The average molecular weight is 175 g/mol. The molecule has 68 valence electrons. The molecule has 0 radical (unpaired) electrons. The Morgan fingerprint density at radius 3 is 2.92 bits per heavy atom. The zero-order valence-corrected chi connectivity index (χ0v) is 7.99. The van der Waals surface area contributed by atoms with Gasteiger partial charge in [-0.2, -0.15) is 5.10 Å². The molecule has 0 atom stereocenters. The van der Waals surface area contributed by atoms with E-state index in [2.05, 4.69) is 36.2 Å². The van der Waals surface area contributed by atoms with Gasteiger partial charge in [-0.3, -0.25) is 9.67 Å². The molecular weight excluding hydrogens is 162 g/mol. The van der Waals surface area contributed by atoms with E-state index in [1.54, 1.807) is 0 Å². The van der Waals surface area contributed by atoms with Gasteiger partial charge in [-0.05, 0) is 19.4 Å². The van der Waals surface area contributed by atoms with Crippen LogP contribution in [0, 0.1) is 0 Å². The van der Waals surface area contributed by atoms with Gasteiger partial charge in [0, 0.05) is 23.8 Å². The highest BCUT2D eigenvalue weighted by Crippen LogP contribution is 2.12. The maximum absolute atomic E-state index is 4.36. The third-order valence-electron chi connectivity index (χ3n) is 2.18. The highest BCUT2D eigenvalue weighted by Gasteiger charge is 2.00. The molecule has 2 heterocycles. The van der Waals surface area contributed by atoms with Crippen molar-refractivity contribution in [2.75, 3.05) is 0 Å². The number of aryl methyl sites for hydroxylation is 2. The van der Waals surface area contributed by atoms with Gasteiger partial charge in [-0.25, -0.2) is 0 Å². The molecule has 0 amide bonds. The molecule has 0 aliphatic heterocycles. The average Bonchev–Trinajstić information content (AvgIpc) is 2.58. The Bertz CT molecular complexity index is 415. The van der Waals surface area contributed by atoms with E-state index in [1.807, 2.05) is 10.9 Å². The second-order valence-electron chi connectivity index (χ2n) is 3.07. The third kappa shape index (κ3) is 1.41. The Labute approximate surface area is 77.4 Å². The van der Waals surface area contributed by atoms with Gasteiger partial charge in [0.25, 0.3) is 0 Å². The van der Waals surface area contributed by atoms with Gasteiger partial charge in [-0.15, -0.1) is 0 Å². The van der Waals surface area contributed by atoms with Gasteiger partial charge in [0.2, 0.25) is 0 Å². The minimum absolute atomic E-state index is 0.913. The number of aromatic nitrogens is 3. The van der Waals surface area contributed by atoms with Gasteiger partial charge in [0.15, 0.2) is 0 Å². The van der Waals surface area contributed by atoms with E-state index in [0.717, 1.165) is 24.2 Å². The molecule has 0 fully saturated rings. The normalized spacial score (nSPS) is 10.9. The lowest BCUT2D eigenvalue weighted by molar-refractivity contribution is 0.667. The van der Waals surface area contributed by atoms with E-state index < -0.39 is 0 Å². The molecule has 0 bridgehead atoms. The van der Waals surface area contributed by atoms with E-state index in [1.165, 1.54) is 5.39 Å². The van der Waals surface area contributed by atoms with E-state index >= 15 is 0 Å². The van der Waals surface area contributed by atoms with E-state index in [9.17, 15) is 0 Å². The van der Waals surface area contributed by atoms with Gasteiger partial charge in [-0.1, -0.05) is 6.92 Å². The number of fused-ring (bicyclic) bond motifs is 1. The number of hydrogen-bond acceptors (Lipinski definition) is 2. The number of nitrogens with zero attached hydrogens (tertiary/aromatic N) is 3. The van der Waals surface area contributed by atoms with Crippen molar-refractivity contribution in [2.45, 2.75) is 26.8 Å². The number of rotatable bonds is 2. The van der Waals surface area contributed by atoms with E-state index in [0.29, 0.717) is 0 Å². The topological polar surface area (TPSA) is 30.7 Å². The van der Waals surface area contributed by atoms with Crippen molar-refractivity contribution in [1.82, 2.24) is 14.8 Å². The van der Waals surface area contributed by atoms with Crippen LogP contribution in [0.5, 0.6) is 0 Å². The summed E-state index contributed by atoms with van der Waals surface area (Å²) in [5.74, 6) is 0. The fourth-order valence-corrected chi connectivity index (χ4v) is 1.38. The minimum atomic E-state index is 0.913. The zero-order valence-electron chi connectivity index (χ0n) is 7.99. The Morgan fingerprint density at radius 1 is 1.38 bits per heavy atom. The Hall–Kier alpha value is -1.38. The van der Waals surface area contributed by atoms with E-state index in [-0.39, 0.29) is 0 Å². The molecule has 3 nitrogen and oxygen atoms in total. The molecule has 0 N–H and O–H groups in total. The summed E-state index contributed by atoms with van der Waals surface area (Å²) in [6, 6.07) is 2.11. The van der Waals surface area contributed by atoms with Crippen LogP contribution >= 0.6 is 0 Å². The summed E-state index contributed by atoms with van der Waals surface area (Å²) in [6.45, 7) is 5.11. The van der Waals surface area contributed by atoms with Crippen molar-refractivity contribution in [1.29, 1.82) is 0 Å². The molecule has 2 rings (SSSR count). The predicted octanol–water partition coefficient (Wildman–Crippen LogP) is 2.01. The van der Waals surface area contributed by atoms with Crippen molar-refractivity contribution in [3.63, 3.8) is 0 Å². The van der Waals surface area contributed by atoms with Crippen LogP contribution < -0.4 is 0 Å². The van der Waals surface area contributed by atoms with Crippen LogP contribution in [0.4, 0.5) is 0 Å². The van der Waals surface area contributed by atoms with E-state index in [4.69, 9.17) is 0 Å². The Kier molecular flexibility index (Phi) is 2.00. The van der Waals surface area contributed by atoms with Crippen LogP contribution in [0.25, 0.3) is 10.9 Å². The van der Waals surface area contributed by atoms with Gasteiger partial charge < -0.3 is 0 Å². The SMILES string of the molecule is CCc1cc2cn(CC)nc2cn1. The highest BCUT2D eigenvalue weighted by molar-refractivity contribution is 5.77. The molecule has 0 aliphatic rings. The fraction of sp³-hybridized carbons (Fsp3) is 0.400. The van der Waals surface area contributed by atoms with Crippen LogP contribution in [-0.4, -0.2) is 14.8 Å². The van der Waals surface area contributed by atoms with Crippen LogP contribution in [0.15, 0.2) is 18.5 Å². The predicted molar refractivity (Wildman–Crippen MR) is 52.6 cm³/mol. The lowest BCUT2D eigenvalue weighted by atomic mass is 10.2. The van der Waals surface area contributed by atoms with Crippen molar-refractivity contribution < 1.29 is 0 Å². The first-order chi connectivity index (χ1) is 6.33. The fourth-order valence-electron chi connectivity index (χ4n) is 1.38. The van der Waals surface area contributed by atoms with Crippen molar-refractivity contribution in [2.24, 2.45) is 0 Å². The molecule has 0 spiro atoms. The molecule has 0 saturated heterocycles. The maximum Gasteiger partial charge on any atom is 0.111 e. The summed E-state index contributed by atoms with van der Waals surface area (Å²) in [6.07, 6.45) is 4.89. The van der Waals surface area contributed by atoms with Crippen molar-refractivity contribution in [3.05, 3.63) is 24.2 Å². The standard InChI is InChI=1S/C10H13N3/c1-3-9-5-8-7-13(4-2)12-10(8)6-11-9/h5-7H,3-4H2,1-2H3. The second kappa shape index (κ2) is 3.17. The summed E-state index contributed by atoms with van der Waals surface area (Å²) in [4.78, 5) is 4.30. The first kappa shape index (κ1) is 8.23. The highest BCUT2D eigenvalue weighted by atomic mass is 15.3. The van der Waals surface area contributed by atoms with Crippen LogP contribution in [0.3, 0.4) is 0 Å². The van der Waals surface area contributed by atoms with Crippen LogP contribution in [0.1, 0.15) is 19.5 Å². The smallest absolute Gasteiger partial charge is 0.111 e. The first-order valence-electron chi connectivity index (χ1n) is 4.65. The number of hydrogen-bond donors (Lipinski definition) is 0. The molecule has 3 heteroatoms.